The van der Waals surface area contributed by atoms with Gasteiger partial charge in [-0.2, -0.15) is 5.10 Å². The maximum Gasteiger partial charge on any atom is 0.0779 e. The molecule has 2 aromatic rings. The molecule has 0 fully saturated rings. The van der Waals surface area contributed by atoms with Crippen LogP contribution >= 0.6 is 11.6 Å². The zero-order valence-electron chi connectivity index (χ0n) is 8.87. The zero-order chi connectivity index (χ0) is 10.8. The Hall–Kier alpha value is -1.28. The van der Waals surface area contributed by atoms with Gasteiger partial charge < -0.3 is 0 Å². The van der Waals surface area contributed by atoms with Crippen LogP contribution in [0.1, 0.15) is 17.0 Å². The summed E-state index contributed by atoms with van der Waals surface area (Å²) in [5.74, 6) is 0.458. The fourth-order valence-corrected chi connectivity index (χ4v) is 1.68. The largest absolute Gasteiger partial charge is 0.238 e. The zero-order valence-corrected chi connectivity index (χ0v) is 9.62. The second-order valence-electron chi connectivity index (χ2n) is 3.66. The van der Waals surface area contributed by atoms with E-state index < -0.39 is 0 Å². The van der Waals surface area contributed by atoms with Crippen LogP contribution in [-0.2, 0) is 5.88 Å². The van der Waals surface area contributed by atoms with E-state index >= 15 is 0 Å². The molecule has 0 atom stereocenters. The van der Waals surface area contributed by atoms with Gasteiger partial charge in [0.25, 0.3) is 0 Å². The van der Waals surface area contributed by atoms with Crippen molar-refractivity contribution in [1.29, 1.82) is 0 Å². The molecule has 15 heavy (non-hydrogen) atoms. The summed E-state index contributed by atoms with van der Waals surface area (Å²) in [4.78, 5) is 0. The number of hydrogen-bond donors (Lipinski definition) is 0. The number of aromatic nitrogens is 2. The predicted molar refractivity (Wildman–Crippen MR) is 62.6 cm³/mol. The summed E-state index contributed by atoms with van der Waals surface area (Å²) in [5.41, 5.74) is 4.35. The first-order valence-electron chi connectivity index (χ1n) is 4.89. The van der Waals surface area contributed by atoms with Crippen molar-refractivity contribution in [2.75, 3.05) is 0 Å². The Morgan fingerprint density at radius 3 is 2.40 bits per heavy atom. The average molecular weight is 221 g/mol. The van der Waals surface area contributed by atoms with Crippen molar-refractivity contribution in [2.45, 2.75) is 19.7 Å². The van der Waals surface area contributed by atoms with Gasteiger partial charge in [-0.3, -0.25) is 0 Å². The SMILES string of the molecule is Cc1ccc(-n2nc(CCl)cc2C)cc1. The Balaban J connectivity index is 2.44. The molecule has 0 aliphatic heterocycles. The quantitative estimate of drug-likeness (QED) is 0.711. The Kier molecular flexibility index (Phi) is 2.78. The molecule has 3 heteroatoms. The van der Waals surface area contributed by atoms with Crippen LogP contribution in [0, 0.1) is 13.8 Å². The highest BCUT2D eigenvalue weighted by Crippen LogP contribution is 2.13. The van der Waals surface area contributed by atoms with Gasteiger partial charge >= 0.3 is 0 Å². The van der Waals surface area contributed by atoms with E-state index in [2.05, 4.69) is 36.3 Å². The standard InChI is InChI=1S/C12H13ClN2/c1-9-3-5-12(6-4-9)15-10(2)7-11(8-13)14-15/h3-7H,8H2,1-2H3. The lowest BCUT2D eigenvalue weighted by molar-refractivity contribution is 0.830. The number of halogens is 1. The molecule has 1 aromatic heterocycles. The van der Waals surface area contributed by atoms with E-state index in [1.807, 2.05) is 17.7 Å². The van der Waals surface area contributed by atoms with E-state index in [1.165, 1.54) is 5.56 Å². The summed E-state index contributed by atoms with van der Waals surface area (Å²) >= 11 is 5.75. The molecule has 0 N–H and O–H groups in total. The molecule has 0 saturated heterocycles. The summed E-state index contributed by atoms with van der Waals surface area (Å²) in [6.45, 7) is 4.10. The van der Waals surface area contributed by atoms with E-state index in [0.29, 0.717) is 5.88 Å². The second kappa shape index (κ2) is 4.07. The van der Waals surface area contributed by atoms with Crippen LogP contribution in [0.5, 0.6) is 0 Å². The molecule has 1 heterocycles. The van der Waals surface area contributed by atoms with Crippen LogP contribution in [0.3, 0.4) is 0 Å². The van der Waals surface area contributed by atoms with E-state index in [9.17, 15) is 0 Å². The number of rotatable bonds is 2. The third-order valence-corrected chi connectivity index (χ3v) is 2.63. The summed E-state index contributed by atoms with van der Waals surface area (Å²) < 4.78 is 1.91. The molecule has 0 aliphatic rings. The molecular formula is C12H13ClN2. The lowest BCUT2D eigenvalue weighted by Gasteiger charge is -2.03. The number of alkyl halides is 1. The smallest absolute Gasteiger partial charge is 0.0779 e. The topological polar surface area (TPSA) is 17.8 Å². The van der Waals surface area contributed by atoms with Crippen LogP contribution < -0.4 is 0 Å². The van der Waals surface area contributed by atoms with E-state index in [1.54, 1.807) is 0 Å². The van der Waals surface area contributed by atoms with Gasteiger partial charge in [-0.05, 0) is 32.0 Å². The van der Waals surface area contributed by atoms with Gasteiger partial charge in [-0.25, -0.2) is 4.68 Å². The minimum absolute atomic E-state index is 0.458. The van der Waals surface area contributed by atoms with Gasteiger partial charge in [0.2, 0.25) is 0 Å². The van der Waals surface area contributed by atoms with Gasteiger partial charge in [-0.15, -0.1) is 11.6 Å². The highest BCUT2D eigenvalue weighted by Gasteiger charge is 2.04. The molecule has 0 bridgehead atoms. The first-order valence-corrected chi connectivity index (χ1v) is 5.42. The molecule has 2 nitrogen and oxygen atoms in total. The van der Waals surface area contributed by atoms with Crippen molar-refractivity contribution in [3.8, 4) is 5.69 Å². The predicted octanol–water partition coefficient (Wildman–Crippen LogP) is 3.23. The number of aryl methyl sites for hydroxylation is 2. The molecule has 1 aromatic carbocycles. The number of benzene rings is 1. The Morgan fingerprint density at radius 2 is 1.87 bits per heavy atom. The van der Waals surface area contributed by atoms with Crippen LogP contribution in [0.4, 0.5) is 0 Å². The number of hydrogen-bond acceptors (Lipinski definition) is 1. The van der Waals surface area contributed by atoms with Crippen molar-refractivity contribution in [1.82, 2.24) is 9.78 Å². The number of nitrogens with zero attached hydrogens (tertiary/aromatic N) is 2. The first kappa shape index (κ1) is 10.2. The normalized spacial score (nSPS) is 10.6. The molecule has 2 rings (SSSR count). The third-order valence-electron chi connectivity index (χ3n) is 2.35. The average Bonchev–Trinajstić information content (AvgIpc) is 2.61. The molecule has 0 spiro atoms. The molecule has 0 saturated carbocycles. The van der Waals surface area contributed by atoms with Crippen LogP contribution in [0.2, 0.25) is 0 Å². The molecule has 0 aliphatic carbocycles. The van der Waals surface area contributed by atoms with E-state index in [0.717, 1.165) is 17.1 Å². The molecule has 78 valence electrons. The molecule has 0 unspecified atom stereocenters. The maximum absolute atomic E-state index is 5.75. The maximum atomic E-state index is 5.75. The Bertz CT molecular complexity index is 457. The van der Waals surface area contributed by atoms with Gasteiger partial charge in [0.1, 0.15) is 0 Å². The Morgan fingerprint density at radius 1 is 1.20 bits per heavy atom. The fourth-order valence-electron chi connectivity index (χ4n) is 1.55. The summed E-state index contributed by atoms with van der Waals surface area (Å²) in [7, 11) is 0. The van der Waals surface area contributed by atoms with Gasteiger partial charge in [0.15, 0.2) is 0 Å². The fraction of sp³-hybridized carbons (Fsp3) is 0.250. The van der Waals surface area contributed by atoms with Crippen LogP contribution in [-0.4, -0.2) is 9.78 Å². The van der Waals surface area contributed by atoms with Crippen molar-refractivity contribution >= 4 is 11.6 Å². The van der Waals surface area contributed by atoms with Crippen LogP contribution in [0.15, 0.2) is 30.3 Å². The summed E-state index contributed by atoms with van der Waals surface area (Å²) in [5, 5.41) is 4.41. The summed E-state index contributed by atoms with van der Waals surface area (Å²) in [6.07, 6.45) is 0. The monoisotopic (exact) mass is 220 g/mol. The van der Waals surface area contributed by atoms with Crippen molar-refractivity contribution in [3.63, 3.8) is 0 Å². The minimum Gasteiger partial charge on any atom is -0.238 e. The lowest BCUT2D eigenvalue weighted by Crippen LogP contribution is -1.98. The van der Waals surface area contributed by atoms with E-state index in [4.69, 9.17) is 11.6 Å². The van der Waals surface area contributed by atoms with Crippen molar-refractivity contribution < 1.29 is 0 Å². The van der Waals surface area contributed by atoms with Crippen molar-refractivity contribution in [2.24, 2.45) is 0 Å². The van der Waals surface area contributed by atoms with E-state index in [-0.39, 0.29) is 0 Å². The molecule has 0 radical (unpaired) electrons. The van der Waals surface area contributed by atoms with Crippen LogP contribution in [0.25, 0.3) is 5.69 Å². The van der Waals surface area contributed by atoms with Gasteiger partial charge in [0, 0.05) is 5.69 Å². The van der Waals surface area contributed by atoms with Gasteiger partial charge in [0.05, 0.1) is 17.3 Å². The van der Waals surface area contributed by atoms with Crippen molar-refractivity contribution in [3.05, 3.63) is 47.3 Å². The lowest BCUT2D eigenvalue weighted by atomic mass is 10.2. The van der Waals surface area contributed by atoms with Gasteiger partial charge in [-0.1, -0.05) is 17.7 Å². The third kappa shape index (κ3) is 2.05. The molecule has 0 amide bonds. The highest BCUT2D eigenvalue weighted by atomic mass is 35.5. The molecular weight excluding hydrogens is 208 g/mol. The minimum atomic E-state index is 0.458. The second-order valence-corrected chi connectivity index (χ2v) is 3.93. The Labute approximate surface area is 94.5 Å². The highest BCUT2D eigenvalue weighted by molar-refractivity contribution is 6.16. The summed E-state index contributed by atoms with van der Waals surface area (Å²) in [6, 6.07) is 10.3. The first-order chi connectivity index (χ1) is 7.20.